The quantitative estimate of drug-likeness (QED) is 0.697. The number of rotatable bonds is 3. The summed E-state index contributed by atoms with van der Waals surface area (Å²) in [6, 6.07) is 16.1. The van der Waals surface area contributed by atoms with Crippen molar-refractivity contribution in [2.45, 2.75) is 69.6 Å². The van der Waals surface area contributed by atoms with E-state index in [4.69, 9.17) is 0 Å². The largest absolute Gasteiger partial charge is 0.508 e. The van der Waals surface area contributed by atoms with Gasteiger partial charge in [-0.2, -0.15) is 0 Å². The Kier molecular flexibility index (Phi) is 3.37. The molecule has 4 fully saturated rings. The van der Waals surface area contributed by atoms with Gasteiger partial charge in [-0.15, -0.1) is 0 Å². The Morgan fingerprint density at radius 3 is 1.52 bits per heavy atom. The van der Waals surface area contributed by atoms with Crippen LogP contribution in [0.3, 0.4) is 0 Å². The zero-order valence-corrected chi connectivity index (χ0v) is 16.5. The molecule has 4 saturated carbocycles. The second kappa shape index (κ2) is 5.31. The molecule has 2 N–H and O–H groups in total. The predicted octanol–water partition coefficient (Wildman–Crippen LogP) is 6.06. The van der Waals surface area contributed by atoms with Crippen molar-refractivity contribution in [2.24, 2.45) is 10.8 Å². The summed E-state index contributed by atoms with van der Waals surface area (Å²) in [6.45, 7) is 4.89. The number of phenolic OH excluding ortho intramolecular Hbond substituents is 2. The zero-order valence-electron chi connectivity index (χ0n) is 16.5. The number of hydrogen-bond donors (Lipinski definition) is 2. The zero-order chi connectivity index (χ0) is 18.9. The van der Waals surface area contributed by atoms with Gasteiger partial charge in [0.15, 0.2) is 0 Å². The third kappa shape index (κ3) is 2.45. The molecule has 0 radical (unpaired) electrons. The van der Waals surface area contributed by atoms with Crippen LogP contribution in [0, 0.1) is 10.8 Å². The van der Waals surface area contributed by atoms with Crippen LogP contribution in [0.2, 0.25) is 0 Å². The summed E-state index contributed by atoms with van der Waals surface area (Å²) in [6.07, 6.45) is 8.83. The topological polar surface area (TPSA) is 40.5 Å². The van der Waals surface area contributed by atoms with Gasteiger partial charge in [0.25, 0.3) is 0 Å². The molecule has 4 bridgehead atoms. The Morgan fingerprint density at radius 1 is 0.667 bits per heavy atom. The Bertz CT molecular complexity index is 803. The lowest BCUT2D eigenvalue weighted by atomic mass is 9.33. The van der Waals surface area contributed by atoms with E-state index < -0.39 is 0 Å². The number of aromatic hydroxyl groups is 2. The van der Waals surface area contributed by atoms with Crippen LogP contribution in [0.25, 0.3) is 0 Å². The number of benzene rings is 2. The fourth-order valence-electron chi connectivity index (χ4n) is 7.99. The van der Waals surface area contributed by atoms with Gasteiger partial charge in [0.2, 0.25) is 0 Å². The molecule has 0 spiro atoms. The second-order valence-corrected chi connectivity index (χ2v) is 10.4. The minimum absolute atomic E-state index is 0.200. The maximum atomic E-state index is 9.82. The lowest BCUT2D eigenvalue weighted by molar-refractivity contribution is -0.136. The normalized spacial score (nSPS) is 39.6. The summed E-state index contributed by atoms with van der Waals surface area (Å²) in [4.78, 5) is 0. The average molecular weight is 363 g/mol. The summed E-state index contributed by atoms with van der Waals surface area (Å²) < 4.78 is 0. The van der Waals surface area contributed by atoms with Crippen LogP contribution in [-0.4, -0.2) is 10.2 Å². The Balaban J connectivity index is 1.68. The van der Waals surface area contributed by atoms with E-state index in [1.54, 1.807) is 0 Å². The van der Waals surface area contributed by atoms with E-state index in [0.717, 1.165) is 0 Å². The smallest absolute Gasteiger partial charge is 0.115 e. The van der Waals surface area contributed by atoms with Crippen LogP contribution in [0.15, 0.2) is 48.5 Å². The molecule has 0 saturated heterocycles. The van der Waals surface area contributed by atoms with Gasteiger partial charge in [0.05, 0.1) is 0 Å². The van der Waals surface area contributed by atoms with Crippen molar-refractivity contribution in [3.05, 3.63) is 59.7 Å². The highest BCUT2D eigenvalue weighted by atomic mass is 16.3. The molecule has 4 aliphatic rings. The lowest BCUT2D eigenvalue weighted by Gasteiger charge is -2.71. The molecule has 2 aromatic rings. The van der Waals surface area contributed by atoms with Crippen molar-refractivity contribution >= 4 is 0 Å². The van der Waals surface area contributed by atoms with Crippen molar-refractivity contribution in [1.82, 2.24) is 0 Å². The van der Waals surface area contributed by atoms with Gasteiger partial charge in [0.1, 0.15) is 11.5 Å². The van der Waals surface area contributed by atoms with E-state index in [1.165, 1.54) is 56.1 Å². The van der Waals surface area contributed by atoms with Gasteiger partial charge in [-0.3, -0.25) is 0 Å². The molecule has 2 heteroatoms. The van der Waals surface area contributed by atoms with Gasteiger partial charge in [-0.05, 0) is 95.6 Å². The van der Waals surface area contributed by atoms with Gasteiger partial charge in [-0.1, -0.05) is 44.5 Å². The molecule has 4 aliphatic carbocycles. The Hall–Kier alpha value is -1.96. The fraction of sp³-hybridized carbons (Fsp3) is 0.520. The SMILES string of the molecule is CCC12CC3(C)CC(c4ccc(O)cc4)(C1)CC(c1ccc(O)cc1)(C3)C2. The van der Waals surface area contributed by atoms with E-state index in [-0.39, 0.29) is 10.8 Å². The van der Waals surface area contributed by atoms with Gasteiger partial charge in [0, 0.05) is 0 Å². The van der Waals surface area contributed by atoms with Crippen molar-refractivity contribution < 1.29 is 10.2 Å². The maximum Gasteiger partial charge on any atom is 0.115 e. The molecule has 2 aromatic carbocycles. The van der Waals surface area contributed by atoms with Crippen molar-refractivity contribution in [2.75, 3.05) is 0 Å². The van der Waals surface area contributed by atoms with E-state index in [0.29, 0.717) is 22.3 Å². The first-order chi connectivity index (χ1) is 12.8. The Morgan fingerprint density at radius 2 is 1.11 bits per heavy atom. The average Bonchev–Trinajstić information content (AvgIpc) is 2.60. The van der Waals surface area contributed by atoms with Crippen LogP contribution in [0.4, 0.5) is 0 Å². The second-order valence-electron chi connectivity index (χ2n) is 10.4. The summed E-state index contributed by atoms with van der Waals surface area (Å²) in [5.74, 6) is 0.710. The molecular weight excluding hydrogens is 332 g/mol. The van der Waals surface area contributed by atoms with E-state index in [1.807, 2.05) is 24.3 Å². The minimum Gasteiger partial charge on any atom is -0.508 e. The molecule has 27 heavy (non-hydrogen) atoms. The van der Waals surface area contributed by atoms with Crippen LogP contribution < -0.4 is 0 Å². The summed E-state index contributed by atoms with van der Waals surface area (Å²) in [5.41, 5.74) is 3.98. The Labute approximate surface area is 162 Å². The van der Waals surface area contributed by atoms with Gasteiger partial charge < -0.3 is 10.2 Å². The monoisotopic (exact) mass is 362 g/mol. The molecule has 6 rings (SSSR count). The summed E-state index contributed by atoms with van der Waals surface area (Å²) in [7, 11) is 0. The highest BCUT2D eigenvalue weighted by Crippen LogP contribution is 2.74. The maximum absolute atomic E-state index is 9.82. The van der Waals surface area contributed by atoms with Crippen molar-refractivity contribution in [3.8, 4) is 11.5 Å². The first-order valence-electron chi connectivity index (χ1n) is 10.4. The summed E-state index contributed by atoms with van der Waals surface area (Å²) in [5, 5.41) is 19.6. The highest BCUT2D eigenvalue weighted by molar-refractivity contribution is 5.42. The molecule has 2 nitrogen and oxygen atoms in total. The molecule has 2 unspecified atom stereocenters. The summed E-state index contributed by atoms with van der Waals surface area (Å²) >= 11 is 0. The van der Waals surface area contributed by atoms with E-state index in [2.05, 4.69) is 38.1 Å². The minimum atomic E-state index is 0.200. The number of phenols is 2. The molecular formula is C25H30O2. The standard InChI is InChI=1S/C25H30O2/c1-3-23-12-22(2)13-24(15-23,18-4-8-20(26)9-5-18)17-25(14-22,16-23)19-6-10-21(27)11-7-19/h4-11,26-27H,3,12-17H2,1-2H3. The predicted molar refractivity (Wildman–Crippen MR) is 108 cm³/mol. The molecule has 0 aromatic heterocycles. The lowest BCUT2D eigenvalue weighted by Crippen LogP contribution is -2.63. The first kappa shape index (κ1) is 17.2. The van der Waals surface area contributed by atoms with Crippen molar-refractivity contribution in [3.63, 3.8) is 0 Å². The first-order valence-corrected chi connectivity index (χ1v) is 10.4. The van der Waals surface area contributed by atoms with Crippen molar-refractivity contribution in [1.29, 1.82) is 0 Å². The van der Waals surface area contributed by atoms with E-state index in [9.17, 15) is 10.2 Å². The third-order valence-corrected chi connectivity index (χ3v) is 8.15. The van der Waals surface area contributed by atoms with Crippen LogP contribution in [0.5, 0.6) is 11.5 Å². The van der Waals surface area contributed by atoms with Crippen LogP contribution in [-0.2, 0) is 10.8 Å². The fourth-order valence-corrected chi connectivity index (χ4v) is 7.99. The highest BCUT2D eigenvalue weighted by Gasteiger charge is 2.66. The molecule has 0 amide bonds. The molecule has 0 aliphatic heterocycles. The van der Waals surface area contributed by atoms with Gasteiger partial charge in [-0.25, -0.2) is 0 Å². The van der Waals surface area contributed by atoms with Crippen LogP contribution in [0.1, 0.15) is 69.9 Å². The van der Waals surface area contributed by atoms with Gasteiger partial charge >= 0.3 is 0 Å². The molecule has 2 atom stereocenters. The molecule has 142 valence electrons. The third-order valence-electron chi connectivity index (χ3n) is 8.15. The molecule has 0 heterocycles. The van der Waals surface area contributed by atoms with E-state index >= 15 is 0 Å². The van der Waals surface area contributed by atoms with Crippen LogP contribution >= 0.6 is 0 Å². The number of hydrogen-bond acceptors (Lipinski definition) is 2.